The van der Waals surface area contributed by atoms with Crippen LogP contribution in [0, 0.1) is 17.8 Å². The fourth-order valence-electron chi connectivity index (χ4n) is 6.65. The van der Waals surface area contributed by atoms with Crippen LogP contribution in [0.25, 0.3) is 10.9 Å². The van der Waals surface area contributed by atoms with Gasteiger partial charge in [0, 0.05) is 23.5 Å². The summed E-state index contributed by atoms with van der Waals surface area (Å²) in [4.78, 5) is 121. The fraction of sp³-hybridized carbons (Fsp3) is 0.614. The molecule has 0 radical (unpaired) electrons. The highest BCUT2D eigenvalue weighted by molar-refractivity contribution is 5.97. The van der Waals surface area contributed by atoms with Crippen LogP contribution in [0.3, 0.4) is 0 Å². The van der Waals surface area contributed by atoms with Crippen LogP contribution in [0.15, 0.2) is 30.5 Å². The van der Waals surface area contributed by atoms with Gasteiger partial charge in [-0.05, 0) is 69.0 Å². The lowest BCUT2D eigenvalue weighted by Crippen LogP contribution is -2.60. The zero-order chi connectivity index (χ0) is 49.0. The molecule has 2 aromatic rings. The lowest BCUT2D eigenvalue weighted by atomic mass is 9.97. The Morgan fingerprint density at radius 3 is 1.71 bits per heavy atom. The molecule has 0 aliphatic carbocycles. The lowest BCUT2D eigenvalue weighted by molar-refractivity contribution is -0.143. The van der Waals surface area contributed by atoms with Gasteiger partial charge in [0.15, 0.2) is 0 Å². The monoisotopic (exact) mass is 914 g/mol. The van der Waals surface area contributed by atoms with Crippen LogP contribution in [0.4, 0.5) is 0 Å². The third-order valence-corrected chi connectivity index (χ3v) is 11.2. The van der Waals surface area contributed by atoms with E-state index in [4.69, 9.17) is 11.5 Å². The van der Waals surface area contributed by atoms with Gasteiger partial charge in [-0.15, -0.1) is 0 Å². The first-order valence-electron chi connectivity index (χ1n) is 22.2. The Morgan fingerprint density at radius 2 is 1.17 bits per heavy atom. The van der Waals surface area contributed by atoms with E-state index in [2.05, 4.69) is 47.5 Å². The van der Waals surface area contributed by atoms with Crippen LogP contribution >= 0.6 is 0 Å². The average Bonchev–Trinajstić information content (AvgIpc) is 3.68. The zero-order valence-electron chi connectivity index (χ0n) is 38.8. The molecule has 0 spiro atoms. The Balaban J connectivity index is 2.23. The van der Waals surface area contributed by atoms with Crippen LogP contribution in [-0.4, -0.2) is 125 Å². The topological polar surface area (TPSA) is 338 Å². The Morgan fingerprint density at radius 1 is 0.631 bits per heavy atom. The molecule has 0 bridgehead atoms. The summed E-state index contributed by atoms with van der Waals surface area (Å²) < 4.78 is 0. The van der Waals surface area contributed by atoms with E-state index in [1.54, 1.807) is 47.7 Å². The molecule has 9 unspecified atom stereocenters. The molecule has 0 aliphatic rings. The Bertz CT molecular complexity index is 1950. The normalized spacial score (nSPS) is 15.4. The number of aliphatic carboxylic acids is 1. The van der Waals surface area contributed by atoms with Gasteiger partial charge in [-0.25, -0.2) is 4.79 Å². The zero-order valence-corrected chi connectivity index (χ0v) is 38.8. The van der Waals surface area contributed by atoms with E-state index < -0.39 is 126 Å². The van der Waals surface area contributed by atoms with Gasteiger partial charge in [0.1, 0.15) is 36.3 Å². The van der Waals surface area contributed by atoms with Gasteiger partial charge < -0.3 is 64.1 Å². The second-order valence-electron chi connectivity index (χ2n) is 16.9. The minimum atomic E-state index is -1.25. The van der Waals surface area contributed by atoms with Gasteiger partial charge in [-0.3, -0.25) is 38.4 Å². The number of hydrogen-bond donors (Lipinski definition) is 12. The molecule has 1 aromatic carbocycles. The number of aromatic amines is 1. The number of carbonyl (C=O) groups excluding carboxylic acids is 8. The quantitative estimate of drug-likeness (QED) is 0.0466. The van der Waals surface area contributed by atoms with Gasteiger partial charge in [0.2, 0.25) is 47.3 Å². The fourth-order valence-corrected chi connectivity index (χ4v) is 6.65. The highest BCUT2D eigenvalue weighted by Gasteiger charge is 2.34. The number of H-pyrrole nitrogens is 1. The second kappa shape index (κ2) is 27.3. The molecule has 0 fully saturated rings. The van der Waals surface area contributed by atoms with Crippen LogP contribution < -0.4 is 54.0 Å². The van der Waals surface area contributed by atoms with Crippen molar-refractivity contribution >= 4 is 64.1 Å². The van der Waals surface area contributed by atoms with E-state index in [-0.39, 0.29) is 12.8 Å². The molecule has 2 rings (SSSR count). The molecule has 362 valence electrons. The number of fused-ring (bicyclic) bond motifs is 1. The summed E-state index contributed by atoms with van der Waals surface area (Å²) >= 11 is 0. The van der Waals surface area contributed by atoms with E-state index >= 15 is 0 Å². The largest absolute Gasteiger partial charge is 0.480 e. The molecule has 0 aliphatic heterocycles. The first kappa shape index (κ1) is 55.0. The van der Waals surface area contributed by atoms with Gasteiger partial charge in [-0.2, -0.15) is 0 Å². The third kappa shape index (κ3) is 17.8. The van der Waals surface area contributed by atoms with Crippen molar-refractivity contribution in [3.63, 3.8) is 0 Å². The number of carboxylic acids is 1. The molecular formula is C44H71N11O10. The molecule has 21 nitrogen and oxygen atoms in total. The van der Waals surface area contributed by atoms with Crippen molar-refractivity contribution in [2.75, 3.05) is 19.6 Å². The number of para-hydroxylation sites is 1. The molecule has 21 heteroatoms. The molecule has 14 N–H and O–H groups in total. The highest BCUT2D eigenvalue weighted by atomic mass is 16.4. The summed E-state index contributed by atoms with van der Waals surface area (Å²) in [5, 5.41) is 31.2. The van der Waals surface area contributed by atoms with E-state index in [0.717, 1.165) is 10.9 Å². The lowest BCUT2D eigenvalue weighted by Gasteiger charge is -2.28. The number of carboxylic acid groups (broad SMARTS) is 1. The number of benzene rings is 1. The van der Waals surface area contributed by atoms with Crippen molar-refractivity contribution < 1.29 is 48.3 Å². The van der Waals surface area contributed by atoms with Gasteiger partial charge >= 0.3 is 5.97 Å². The second-order valence-corrected chi connectivity index (χ2v) is 16.9. The molecule has 9 atom stereocenters. The third-order valence-electron chi connectivity index (χ3n) is 11.2. The summed E-state index contributed by atoms with van der Waals surface area (Å²) in [6.45, 7) is 12.4. The summed E-state index contributed by atoms with van der Waals surface area (Å²) in [5.41, 5.74) is 12.7. The van der Waals surface area contributed by atoms with Gasteiger partial charge in [0.05, 0.1) is 19.1 Å². The van der Waals surface area contributed by atoms with Crippen LogP contribution in [-0.2, 0) is 49.6 Å². The minimum absolute atomic E-state index is 0.0138. The molecule has 65 heavy (non-hydrogen) atoms. The summed E-state index contributed by atoms with van der Waals surface area (Å²) in [6, 6.07) is -0.432. The number of unbranched alkanes of at least 4 members (excludes halogenated alkanes) is 1. The molecule has 8 amide bonds. The van der Waals surface area contributed by atoms with Crippen LogP contribution in [0.2, 0.25) is 0 Å². The first-order valence-corrected chi connectivity index (χ1v) is 22.2. The van der Waals surface area contributed by atoms with Crippen molar-refractivity contribution in [1.29, 1.82) is 0 Å². The predicted octanol–water partition coefficient (Wildman–Crippen LogP) is -0.820. The predicted molar refractivity (Wildman–Crippen MR) is 243 cm³/mol. The van der Waals surface area contributed by atoms with E-state index in [1.807, 2.05) is 24.3 Å². The Hall–Kier alpha value is -6.09. The van der Waals surface area contributed by atoms with E-state index in [9.17, 15) is 48.3 Å². The first-order chi connectivity index (χ1) is 30.6. The van der Waals surface area contributed by atoms with Crippen LogP contribution in [0.1, 0.15) is 93.1 Å². The number of aromatic nitrogens is 1. The maximum absolute atomic E-state index is 14.1. The van der Waals surface area contributed by atoms with Gasteiger partial charge in [-0.1, -0.05) is 72.6 Å². The summed E-state index contributed by atoms with van der Waals surface area (Å²) in [7, 11) is 0. The Kier molecular flexibility index (Phi) is 23.1. The number of carbonyl (C=O) groups is 9. The van der Waals surface area contributed by atoms with E-state index in [0.29, 0.717) is 37.8 Å². The maximum Gasteiger partial charge on any atom is 0.326 e. The minimum Gasteiger partial charge on any atom is -0.480 e. The maximum atomic E-state index is 14.1. The molecule has 1 heterocycles. The number of amides is 8. The molecular weight excluding hydrogens is 843 g/mol. The molecule has 1 aromatic heterocycles. The summed E-state index contributed by atoms with van der Waals surface area (Å²) in [5.74, 6) is -8.05. The Labute approximate surface area is 380 Å². The van der Waals surface area contributed by atoms with Crippen molar-refractivity contribution in [3.05, 3.63) is 36.0 Å². The summed E-state index contributed by atoms with van der Waals surface area (Å²) in [6.07, 6.45) is 3.63. The standard InChI is InChI=1S/C44H71N11O10/c1-9-24(5)36(53-33(56)21-48-39(59)27(8)50-38(58)26(7)46)42(62)49-22-34(57)54-37(25(6)10-2)43(63)51-31(17-13-14-18-45)40(60)52-32(41(61)55-35(23(3)4)44(64)65)19-28-20-47-30-16-12-11-15-29(28)30/h11-12,15-16,20,23-27,31-32,35-37,47H,9-10,13-14,17-19,21-22,45-46H2,1-8H3,(H,48,59)(H,49,62)(H,50,58)(H,51,63)(H,52,60)(H,53,56)(H,54,57)(H,55,61)(H,64,65). The van der Waals surface area contributed by atoms with Crippen molar-refractivity contribution in [1.82, 2.24) is 47.5 Å². The van der Waals surface area contributed by atoms with Crippen molar-refractivity contribution in [2.45, 2.75) is 136 Å². The molecule has 0 saturated carbocycles. The average molecular weight is 914 g/mol. The number of nitrogens with two attached hydrogens (primary N) is 2. The number of nitrogens with one attached hydrogen (secondary N) is 9. The molecule has 0 saturated heterocycles. The highest BCUT2D eigenvalue weighted by Crippen LogP contribution is 2.20. The number of hydrogen-bond acceptors (Lipinski definition) is 11. The van der Waals surface area contributed by atoms with Crippen molar-refractivity contribution in [3.8, 4) is 0 Å². The van der Waals surface area contributed by atoms with Gasteiger partial charge in [0.25, 0.3) is 0 Å². The van der Waals surface area contributed by atoms with E-state index in [1.165, 1.54) is 13.8 Å². The number of rotatable bonds is 28. The van der Waals surface area contributed by atoms with Crippen molar-refractivity contribution in [2.24, 2.45) is 29.2 Å². The van der Waals surface area contributed by atoms with Crippen LogP contribution in [0.5, 0.6) is 0 Å². The SMILES string of the molecule is CCC(C)C(NC(=O)CNC(=O)C(C)NC(=O)C(C)N)C(=O)NCC(=O)NC(C(=O)NC(CCCCN)C(=O)NC(Cc1c[nH]c2ccccc12)C(=O)NC(C(=O)O)C(C)C)C(C)CC. The smallest absolute Gasteiger partial charge is 0.326 e.